The van der Waals surface area contributed by atoms with Crippen LogP contribution in [0.15, 0.2) is 16.3 Å². The molecule has 0 aromatic rings. The first kappa shape index (κ1) is 35.3. The van der Waals surface area contributed by atoms with E-state index in [0.29, 0.717) is 44.9 Å². The molecule has 8 aliphatic heterocycles. The molecular formula is C34H45F6NO9. The third-order valence-electron chi connectivity index (χ3n) is 13.4. The monoisotopic (exact) mass is 725 g/mol. The van der Waals surface area contributed by atoms with Gasteiger partial charge in [-0.05, 0) is 70.1 Å². The SMILES string of the molecule is CC(=N[C@@]1(C(F)(F)F)O[C@@H]2O[C@]3(C)CCC4[C@H](C)CC[C@@H]([C@H]1C)[C@]42OO3)OCC1=C(C(F)(F)F)O[C@@H]2O[C@]3(C)CCC4[C@H](C)CC[C@@H]1[C@]42OO3. The highest BCUT2D eigenvalue weighted by Gasteiger charge is 2.77. The molecule has 0 N–H and O–H groups in total. The Morgan fingerprint density at radius 3 is 1.94 bits per heavy atom. The lowest BCUT2D eigenvalue weighted by Gasteiger charge is -2.62. The lowest BCUT2D eigenvalue weighted by Crippen LogP contribution is -2.75. The molecule has 2 saturated carbocycles. The molecule has 7 saturated heterocycles. The van der Waals surface area contributed by atoms with Crippen LogP contribution in [0.2, 0.25) is 0 Å². The van der Waals surface area contributed by atoms with Gasteiger partial charge in [-0.3, -0.25) is 0 Å². The van der Waals surface area contributed by atoms with Gasteiger partial charge in [-0.15, -0.1) is 0 Å². The molecule has 2 aliphatic carbocycles. The summed E-state index contributed by atoms with van der Waals surface area (Å²) in [5.74, 6) is -7.65. The highest BCUT2D eigenvalue weighted by atomic mass is 19.4. The van der Waals surface area contributed by atoms with Gasteiger partial charge in [-0.2, -0.15) is 26.3 Å². The van der Waals surface area contributed by atoms with E-state index in [1.165, 1.54) is 13.8 Å². The smallest absolute Gasteiger partial charge is 0.449 e. The van der Waals surface area contributed by atoms with Crippen molar-refractivity contribution >= 4 is 5.90 Å². The maximum atomic E-state index is 15.4. The number of hydrogen-bond donors (Lipinski definition) is 0. The largest absolute Gasteiger partial charge is 0.477 e. The van der Waals surface area contributed by atoms with Crippen molar-refractivity contribution in [2.75, 3.05) is 6.61 Å². The molecule has 10 rings (SSSR count). The molecule has 2 unspecified atom stereocenters. The average Bonchev–Trinajstić information content (AvgIpc) is 3.40. The lowest BCUT2D eigenvalue weighted by molar-refractivity contribution is -0.583. The second-order valence-electron chi connectivity index (χ2n) is 16.3. The Labute approximate surface area is 286 Å². The van der Waals surface area contributed by atoms with Gasteiger partial charge in [0.2, 0.25) is 23.6 Å². The van der Waals surface area contributed by atoms with Crippen molar-refractivity contribution in [3.63, 3.8) is 0 Å². The zero-order valence-corrected chi connectivity index (χ0v) is 28.9. The number of ether oxygens (including phenoxy) is 5. The summed E-state index contributed by atoms with van der Waals surface area (Å²) in [7, 11) is 0. The molecule has 2 spiro atoms. The molecule has 8 heterocycles. The second-order valence-corrected chi connectivity index (χ2v) is 16.3. The van der Waals surface area contributed by atoms with Crippen LogP contribution in [0.5, 0.6) is 0 Å². The Morgan fingerprint density at radius 2 is 1.32 bits per heavy atom. The van der Waals surface area contributed by atoms with E-state index in [-0.39, 0.29) is 35.7 Å². The van der Waals surface area contributed by atoms with Gasteiger partial charge in [0.1, 0.15) is 6.61 Å². The predicted molar refractivity (Wildman–Crippen MR) is 158 cm³/mol. The van der Waals surface area contributed by atoms with E-state index in [2.05, 4.69) is 4.99 Å². The Balaban J connectivity index is 1.15. The summed E-state index contributed by atoms with van der Waals surface area (Å²) in [5, 5.41) is 0. The van der Waals surface area contributed by atoms with Gasteiger partial charge in [0.15, 0.2) is 23.4 Å². The van der Waals surface area contributed by atoms with Crippen LogP contribution < -0.4 is 0 Å². The van der Waals surface area contributed by atoms with Gasteiger partial charge in [0.05, 0.1) is 0 Å². The number of hydrogen-bond acceptors (Lipinski definition) is 10. The van der Waals surface area contributed by atoms with Gasteiger partial charge < -0.3 is 23.7 Å². The normalized spacial score (nSPS) is 51.7. The Kier molecular flexibility index (Phi) is 7.90. The second kappa shape index (κ2) is 11.2. The summed E-state index contributed by atoms with van der Waals surface area (Å²) in [6.45, 7) is 9.10. The minimum Gasteiger partial charge on any atom is -0.477 e. The third-order valence-corrected chi connectivity index (χ3v) is 13.4. The summed E-state index contributed by atoms with van der Waals surface area (Å²) < 4.78 is 120. The van der Waals surface area contributed by atoms with E-state index in [4.69, 9.17) is 43.2 Å². The van der Waals surface area contributed by atoms with E-state index in [9.17, 15) is 13.2 Å². The minimum absolute atomic E-state index is 0.0586. The van der Waals surface area contributed by atoms with E-state index < -0.39 is 89.5 Å². The average molecular weight is 726 g/mol. The van der Waals surface area contributed by atoms with Crippen LogP contribution in [0, 0.1) is 41.4 Å². The molecular weight excluding hydrogens is 680 g/mol. The summed E-state index contributed by atoms with van der Waals surface area (Å²) >= 11 is 0. The first-order valence-electron chi connectivity index (χ1n) is 17.8. The first-order valence-corrected chi connectivity index (χ1v) is 17.8. The summed E-state index contributed by atoms with van der Waals surface area (Å²) in [6, 6.07) is 0. The van der Waals surface area contributed by atoms with Gasteiger partial charge in [-0.1, -0.05) is 20.8 Å². The number of alkyl halides is 6. The van der Waals surface area contributed by atoms with Crippen molar-refractivity contribution in [3.05, 3.63) is 11.3 Å². The number of halogens is 6. The molecule has 50 heavy (non-hydrogen) atoms. The molecule has 0 amide bonds. The van der Waals surface area contributed by atoms with Crippen molar-refractivity contribution in [2.45, 2.75) is 146 Å². The summed E-state index contributed by atoms with van der Waals surface area (Å²) in [6.07, 6.45) is -9.03. The van der Waals surface area contributed by atoms with Crippen LogP contribution in [0.3, 0.4) is 0 Å². The zero-order chi connectivity index (χ0) is 35.9. The van der Waals surface area contributed by atoms with Gasteiger partial charge in [0, 0.05) is 49.0 Å². The minimum atomic E-state index is -5.06. The summed E-state index contributed by atoms with van der Waals surface area (Å²) in [4.78, 5) is 27.5. The fourth-order valence-electron chi connectivity index (χ4n) is 10.8. The highest BCUT2D eigenvalue weighted by molar-refractivity contribution is 5.74. The van der Waals surface area contributed by atoms with Crippen molar-refractivity contribution in [1.82, 2.24) is 0 Å². The van der Waals surface area contributed by atoms with Crippen molar-refractivity contribution in [3.8, 4) is 0 Å². The molecule has 0 radical (unpaired) electrons. The highest BCUT2D eigenvalue weighted by Crippen LogP contribution is 2.65. The van der Waals surface area contributed by atoms with Crippen molar-refractivity contribution < 1.29 is 69.6 Å². The molecule has 282 valence electrons. The van der Waals surface area contributed by atoms with E-state index in [0.717, 1.165) is 0 Å². The maximum absolute atomic E-state index is 15.4. The molecule has 9 fully saturated rings. The zero-order valence-electron chi connectivity index (χ0n) is 28.9. The van der Waals surface area contributed by atoms with Crippen molar-refractivity contribution in [2.24, 2.45) is 46.4 Å². The predicted octanol–water partition coefficient (Wildman–Crippen LogP) is 7.62. The quantitative estimate of drug-likeness (QED) is 0.126. The van der Waals surface area contributed by atoms with Crippen LogP contribution in [0.25, 0.3) is 0 Å². The maximum Gasteiger partial charge on any atom is 0.449 e. The number of rotatable bonds is 3. The molecule has 0 aromatic carbocycles. The molecule has 16 heteroatoms. The van der Waals surface area contributed by atoms with E-state index in [1.54, 1.807) is 13.8 Å². The fourth-order valence-corrected chi connectivity index (χ4v) is 10.8. The molecule has 10 aliphatic rings. The molecule has 10 nitrogen and oxygen atoms in total. The fraction of sp³-hybridized carbons (Fsp3) is 0.912. The Morgan fingerprint density at radius 1 is 0.740 bits per heavy atom. The molecule has 4 bridgehead atoms. The Hall–Kier alpha value is -1.69. The topological polar surface area (TPSA) is 95.4 Å². The van der Waals surface area contributed by atoms with Gasteiger partial charge in [-0.25, -0.2) is 24.5 Å². The first-order chi connectivity index (χ1) is 23.3. The Bertz CT molecular complexity index is 1460. The molecule has 0 aromatic heterocycles. The number of fused-ring (bicyclic) bond motifs is 4. The third kappa shape index (κ3) is 4.83. The van der Waals surface area contributed by atoms with Crippen LogP contribution in [0.1, 0.15) is 92.9 Å². The number of nitrogens with zero attached hydrogens (tertiary/aromatic N) is 1. The van der Waals surface area contributed by atoms with E-state index >= 15 is 13.2 Å². The van der Waals surface area contributed by atoms with Gasteiger partial charge >= 0.3 is 12.4 Å². The lowest BCUT2D eigenvalue weighted by atomic mass is 9.56. The van der Waals surface area contributed by atoms with Crippen LogP contribution in [0.4, 0.5) is 26.3 Å². The summed E-state index contributed by atoms with van der Waals surface area (Å²) in [5.41, 5.74) is -6.13. The standard InChI is InChI=1S/C34H45F6NO9/c1-16-7-9-23-18(3)32(34(38,39)40,46-27-30(23)21(16)11-14-29(6,45-27)48-49-30)41-19(4)42-15-20-24-10-8-17(2)22-12-13-28(5)44-26(31(22,24)50-47-28)43-25(20)33(35,36)37/h16-18,21-24,26-27H,7-15H2,1-6H3/t16-,17-,18-,21?,22?,23+,24+,26-,27+,28+,29+,30-,31-,32-/m1/s1. The molecule has 14 atom stereocenters. The number of allylic oxidation sites excluding steroid dienone is 1. The van der Waals surface area contributed by atoms with Crippen molar-refractivity contribution in [1.29, 1.82) is 0 Å². The van der Waals surface area contributed by atoms with Gasteiger partial charge in [0.25, 0.3) is 5.72 Å². The number of aliphatic imine (C=N–C) groups is 1. The van der Waals surface area contributed by atoms with Crippen LogP contribution >= 0.6 is 0 Å². The van der Waals surface area contributed by atoms with E-state index in [1.807, 2.05) is 13.8 Å². The van der Waals surface area contributed by atoms with Crippen LogP contribution in [-0.4, -0.2) is 65.9 Å². The van der Waals surface area contributed by atoms with Crippen LogP contribution in [-0.2, 0) is 43.2 Å².